The fourth-order valence-corrected chi connectivity index (χ4v) is 1.76. The molecule has 0 spiro atoms. The monoisotopic (exact) mass is 256 g/mol. The summed E-state index contributed by atoms with van der Waals surface area (Å²) in [7, 11) is 0. The van der Waals surface area contributed by atoms with Gasteiger partial charge >= 0.3 is 5.97 Å². The molecule has 0 aliphatic heterocycles. The Morgan fingerprint density at radius 2 is 1.53 bits per heavy atom. The molecule has 4 heteroatoms. The van der Waals surface area contributed by atoms with E-state index in [9.17, 15) is 14.7 Å². The fraction of sp³-hybridized carbons (Fsp3) is 0.0667. The minimum absolute atomic E-state index is 0.0104. The van der Waals surface area contributed by atoms with Gasteiger partial charge < -0.3 is 10.2 Å². The lowest BCUT2D eigenvalue weighted by Gasteiger charge is -2.06. The number of ketones is 1. The molecular formula is C15H12O4. The number of rotatable bonds is 3. The van der Waals surface area contributed by atoms with Crippen molar-refractivity contribution < 1.29 is 19.8 Å². The van der Waals surface area contributed by atoms with E-state index in [1.54, 1.807) is 24.3 Å². The van der Waals surface area contributed by atoms with Crippen LogP contribution in [-0.4, -0.2) is 22.0 Å². The van der Waals surface area contributed by atoms with Gasteiger partial charge in [0, 0.05) is 5.56 Å². The average molecular weight is 256 g/mol. The maximum absolute atomic E-state index is 12.2. The molecular weight excluding hydrogens is 244 g/mol. The predicted molar refractivity (Wildman–Crippen MR) is 69.7 cm³/mol. The molecule has 0 bridgehead atoms. The predicted octanol–water partition coefficient (Wildman–Crippen LogP) is 2.63. The third-order valence-electron chi connectivity index (χ3n) is 2.82. The highest BCUT2D eigenvalue weighted by Crippen LogP contribution is 2.25. The molecule has 2 N–H and O–H groups in total. The second-order valence-electron chi connectivity index (χ2n) is 4.20. The van der Waals surface area contributed by atoms with Crippen LogP contribution in [0.3, 0.4) is 0 Å². The molecule has 0 amide bonds. The van der Waals surface area contributed by atoms with Gasteiger partial charge in [-0.05, 0) is 19.1 Å². The summed E-state index contributed by atoms with van der Waals surface area (Å²) in [5.74, 6) is -2.17. The van der Waals surface area contributed by atoms with Crippen LogP contribution in [0.15, 0.2) is 42.5 Å². The number of carboxylic acid groups (broad SMARTS) is 1. The van der Waals surface area contributed by atoms with Gasteiger partial charge in [-0.1, -0.05) is 35.9 Å². The van der Waals surface area contributed by atoms with E-state index >= 15 is 0 Å². The van der Waals surface area contributed by atoms with Crippen molar-refractivity contribution in [2.75, 3.05) is 0 Å². The number of para-hydroxylation sites is 1. The Morgan fingerprint density at radius 1 is 0.947 bits per heavy atom. The molecule has 0 heterocycles. The van der Waals surface area contributed by atoms with Crippen molar-refractivity contribution in [1.29, 1.82) is 0 Å². The molecule has 0 fully saturated rings. The highest BCUT2D eigenvalue weighted by molar-refractivity contribution is 6.12. The summed E-state index contributed by atoms with van der Waals surface area (Å²) in [5, 5.41) is 18.8. The lowest BCUT2D eigenvalue weighted by Crippen LogP contribution is -2.05. The van der Waals surface area contributed by atoms with E-state index in [1.807, 2.05) is 6.92 Å². The average Bonchev–Trinajstić information content (AvgIpc) is 2.38. The number of carboxylic acids is 1. The number of carbonyl (C=O) groups excluding carboxylic acids is 1. The zero-order valence-electron chi connectivity index (χ0n) is 10.3. The molecule has 0 atom stereocenters. The van der Waals surface area contributed by atoms with E-state index in [1.165, 1.54) is 18.2 Å². The fourth-order valence-electron chi connectivity index (χ4n) is 1.76. The topological polar surface area (TPSA) is 74.6 Å². The molecule has 0 aliphatic rings. The zero-order chi connectivity index (χ0) is 14.0. The first-order valence-electron chi connectivity index (χ1n) is 5.67. The summed E-state index contributed by atoms with van der Waals surface area (Å²) in [6, 6.07) is 10.9. The smallest absolute Gasteiger partial charge is 0.339 e. The Balaban J connectivity index is 2.47. The molecule has 4 nitrogen and oxygen atoms in total. The Bertz CT molecular complexity index is 642. The van der Waals surface area contributed by atoms with Crippen LogP contribution >= 0.6 is 0 Å². The second-order valence-corrected chi connectivity index (χ2v) is 4.20. The van der Waals surface area contributed by atoms with Gasteiger partial charge in [0.15, 0.2) is 5.78 Å². The third-order valence-corrected chi connectivity index (χ3v) is 2.82. The number of phenols is 1. The van der Waals surface area contributed by atoms with Crippen molar-refractivity contribution in [2.24, 2.45) is 0 Å². The minimum Gasteiger partial charge on any atom is -0.506 e. The van der Waals surface area contributed by atoms with Gasteiger partial charge in [0.1, 0.15) is 11.3 Å². The number of carbonyl (C=O) groups is 2. The van der Waals surface area contributed by atoms with Crippen molar-refractivity contribution in [3.05, 3.63) is 64.7 Å². The van der Waals surface area contributed by atoms with Gasteiger partial charge in [-0.2, -0.15) is 0 Å². The first-order valence-corrected chi connectivity index (χ1v) is 5.67. The van der Waals surface area contributed by atoms with Crippen LogP contribution in [0.4, 0.5) is 0 Å². The zero-order valence-corrected chi connectivity index (χ0v) is 10.3. The van der Waals surface area contributed by atoms with Crippen LogP contribution in [0, 0.1) is 6.92 Å². The van der Waals surface area contributed by atoms with Gasteiger partial charge in [0.05, 0.1) is 5.56 Å². The number of benzene rings is 2. The largest absolute Gasteiger partial charge is 0.506 e. The highest BCUT2D eigenvalue weighted by Gasteiger charge is 2.18. The quantitative estimate of drug-likeness (QED) is 0.828. The summed E-state index contributed by atoms with van der Waals surface area (Å²) < 4.78 is 0. The van der Waals surface area contributed by atoms with Crippen LogP contribution < -0.4 is 0 Å². The second kappa shape index (κ2) is 4.94. The molecule has 0 radical (unpaired) electrons. The molecule has 0 saturated carbocycles. The summed E-state index contributed by atoms with van der Waals surface area (Å²) in [4.78, 5) is 23.1. The molecule has 0 aliphatic carbocycles. The molecule has 2 aromatic carbocycles. The maximum Gasteiger partial charge on any atom is 0.339 e. The normalized spacial score (nSPS) is 10.2. The van der Waals surface area contributed by atoms with Gasteiger partial charge in [-0.25, -0.2) is 4.79 Å². The van der Waals surface area contributed by atoms with Crippen LogP contribution in [0.2, 0.25) is 0 Å². The minimum atomic E-state index is -1.27. The van der Waals surface area contributed by atoms with Crippen molar-refractivity contribution in [3.8, 4) is 5.75 Å². The number of hydrogen-bond donors (Lipinski definition) is 2. The number of aryl methyl sites for hydroxylation is 1. The van der Waals surface area contributed by atoms with Gasteiger partial charge in [-0.3, -0.25) is 4.79 Å². The molecule has 96 valence electrons. The van der Waals surface area contributed by atoms with Crippen molar-refractivity contribution in [2.45, 2.75) is 6.92 Å². The molecule has 0 saturated heterocycles. The van der Waals surface area contributed by atoms with E-state index < -0.39 is 17.5 Å². The van der Waals surface area contributed by atoms with Crippen molar-refractivity contribution in [3.63, 3.8) is 0 Å². The molecule has 2 rings (SSSR count). The first kappa shape index (κ1) is 12.8. The van der Waals surface area contributed by atoms with E-state index in [0.29, 0.717) is 5.56 Å². The SMILES string of the molecule is Cc1ccc(C(=O)c2cccc(C(=O)O)c2O)cc1. The standard InChI is InChI=1S/C15H12O4/c1-9-5-7-10(8-6-9)13(16)11-3-2-4-12(14(11)17)15(18)19/h2-8,17H,1H3,(H,18,19). The highest BCUT2D eigenvalue weighted by atomic mass is 16.4. The molecule has 0 aromatic heterocycles. The summed E-state index contributed by atoms with van der Waals surface area (Å²) >= 11 is 0. The van der Waals surface area contributed by atoms with Crippen LogP contribution in [0.25, 0.3) is 0 Å². The molecule has 2 aromatic rings. The third kappa shape index (κ3) is 2.47. The van der Waals surface area contributed by atoms with Gasteiger partial charge in [-0.15, -0.1) is 0 Å². The lowest BCUT2D eigenvalue weighted by atomic mass is 9.99. The maximum atomic E-state index is 12.2. The summed E-state index contributed by atoms with van der Waals surface area (Å²) in [6.07, 6.45) is 0. The van der Waals surface area contributed by atoms with Gasteiger partial charge in [0.25, 0.3) is 0 Å². The van der Waals surface area contributed by atoms with E-state index in [-0.39, 0.29) is 11.1 Å². The van der Waals surface area contributed by atoms with E-state index in [0.717, 1.165) is 5.56 Å². The van der Waals surface area contributed by atoms with Crippen LogP contribution in [0.5, 0.6) is 5.75 Å². The Kier molecular flexibility index (Phi) is 3.33. The van der Waals surface area contributed by atoms with Crippen molar-refractivity contribution >= 4 is 11.8 Å². The van der Waals surface area contributed by atoms with E-state index in [4.69, 9.17) is 5.11 Å². The first-order chi connectivity index (χ1) is 9.00. The number of hydrogen-bond acceptors (Lipinski definition) is 3. The molecule has 19 heavy (non-hydrogen) atoms. The number of aromatic carboxylic acids is 1. The van der Waals surface area contributed by atoms with E-state index in [2.05, 4.69) is 0 Å². The van der Waals surface area contributed by atoms with Crippen molar-refractivity contribution in [1.82, 2.24) is 0 Å². The molecule has 0 unspecified atom stereocenters. The Morgan fingerprint density at radius 3 is 2.11 bits per heavy atom. The summed E-state index contributed by atoms with van der Waals surface area (Å²) in [6.45, 7) is 1.90. The Labute approximate surface area is 109 Å². The lowest BCUT2D eigenvalue weighted by molar-refractivity contribution is 0.0693. The van der Waals surface area contributed by atoms with Crippen LogP contribution in [-0.2, 0) is 0 Å². The Hall–Kier alpha value is -2.62. The number of aromatic hydroxyl groups is 1. The summed E-state index contributed by atoms with van der Waals surface area (Å²) in [5.41, 5.74) is 1.13. The van der Waals surface area contributed by atoms with Crippen LogP contribution in [0.1, 0.15) is 31.8 Å². The van der Waals surface area contributed by atoms with Gasteiger partial charge in [0.2, 0.25) is 0 Å².